The van der Waals surface area contributed by atoms with E-state index in [4.69, 9.17) is 4.52 Å². The molecule has 3 heterocycles. The second kappa shape index (κ2) is 6.99. The molecule has 3 rings (SSSR count). The van der Waals surface area contributed by atoms with Gasteiger partial charge < -0.3 is 9.84 Å². The summed E-state index contributed by atoms with van der Waals surface area (Å²) in [5, 5.41) is 8.59. The molecule has 0 atom stereocenters. The molecule has 2 aromatic rings. The first-order valence-electron chi connectivity index (χ1n) is 7.53. The van der Waals surface area contributed by atoms with E-state index in [0.29, 0.717) is 37.6 Å². The molecule has 0 aliphatic carbocycles. The molecular weight excluding hydrogens is 352 g/mol. The molecule has 24 heavy (non-hydrogen) atoms. The molecule has 1 saturated heterocycles. The number of piperidine rings is 1. The van der Waals surface area contributed by atoms with E-state index >= 15 is 0 Å². The van der Waals surface area contributed by atoms with Crippen molar-refractivity contribution in [2.24, 2.45) is 5.92 Å². The van der Waals surface area contributed by atoms with Crippen molar-refractivity contribution in [2.75, 3.05) is 19.3 Å². The van der Waals surface area contributed by atoms with Gasteiger partial charge >= 0.3 is 0 Å². The molecule has 0 unspecified atom stereocenters. The number of amides is 1. The van der Waals surface area contributed by atoms with Gasteiger partial charge in [0.2, 0.25) is 27.6 Å². The Morgan fingerprint density at radius 2 is 2.21 bits per heavy atom. The highest BCUT2D eigenvalue weighted by atomic mass is 32.2. The van der Waals surface area contributed by atoms with Crippen LogP contribution in [0.25, 0.3) is 10.7 Å². The van der Waals surface area contributed by atoms with Crippen LogP contribution in [-0.4, -0.2) is 48.1 Å². The Bertz CT molecular complexity index is 793. The smallest absolute Gasteiger partial charge is 0.246 e. The van der Waals surface area contributed by atoms with Crippen LogP contribution in [-0.2, 0) is 21.4 Å². The van der Waals surface area contributed by atoms with E-state index in [0.717, 1.165) is 4.88 Å². The van der Waals surface area contributed by atoms with Gasteiger partial charge in [-0.3, -0.25) is 4.79 Å². The van der Waals surface area contributed by atoms with Gasteiger partial charge in [-0.1, -0.05) is 11.2 Å². The number of nitrogens with zero attached hydrogens (tertiary/aromatic N) is 3. The summed E-state index contributed by atoms with van der Waals surface area (Å²) in [7, 11) is -3.18. The van der Waals surface area contributed by atoms with Crippen LogP contribution in [0, 0.1) is 5.92 Å². The van der Waals surface area contributed by atoms with Crippen molar-refractivity contribution < 1.29 is 17.7 Å². The number of hydrogen-bond donors (Lipinski definition) is 1. The monoisotopic (exact) mass is 370 g/mol. The fourth-order valence-electron chi connectivity index (χ4n) is 2.59. The second-order valence-corrected chi connectivity index (χ2v) is 8.57. The average molecular weight is 370 g/mol. The van der Waals surface area contributed by atoms with Crippen LogP contribution in [0.5, 0.6) is 0 Å². The van der Waals surface area contributed by atoms with Crippen LogP contribution in [0.15, 0.2) is 22.0 Å². The molecule has 1 aliphatic rings. The minimum atomic E-state index is -3.18. The Labute approximate surface area is 143 Å². The van der Waals surface area contributed by atoms with Gasteiger partial charge in [-0.15, -0.1) is 11.3 Å². The van der Waals surface area contributed by atoms with Gasteiger partial charge in [0.15, 0.2) is 0 Å². The van der Waals surface area contributed by atoms with E-state index in [-0.39, 0.29) is 18.4 Å². The van der Waals surface area contributed by atoms with Crippen LogP contribution in [0.3, 0.4) is 0 Å². The summed E-state index contributed by atoms with van der Waals surface area (Å²) in [5.74, 6) is 0.553. The highest BCUT2D eigenvalue weighted by molar-refractivity contribution is 7.88. The minimum Gasteiger partial charge on any atom is -0.347 e. The maximum atomic E-state index is 12.2. The standard InChI is InChI=1S/C14H18N4O4S2/c1-24(20,21)18-6-4-10(5-7-18)14(19)15-9-12-16-13(17-22-12)11-3-2-8-23-11/h2-3,8,10H,4-7,9H2,1H3,(H,15,19). The zero-order valence-electron chi connectivity index (χ0n) is 13.1. The van der Waals surface area contributed by atoms with Gasteiger partial charge in [0.1, 0.15) is 0 Å². The van der Waals surface area contributed by atoms with Crippen molar-refractivity contribution in [1.29, 1.82) is 0 Å². The van der Waals surface area contributed by atoms with Crippen LogP contribution in [0.2, 0.25) is 0 Å². The first-order chi connectivity index (χ1) is 11.4. The number of carbonyl (C=O) groups excluding carboxylic acids is 1. The Morgan fingerprint density at radius 1 is 1.46 bits per heavy atom. The third-order valence-electron chi connectivity index (χ3n) is 3.92. The number of hydrogen-bond acceptors (Lipinski definition) is 7. The maximum Gasteiger partial charge on any atom is 0.246 e. The molecule has 8 nitrogen and oxygen atoms in total. The van der Waals surface area contributed by atoms with Crippen LogP contribution >= 0.6 is 11.3 Å². The van der Waals surface area contributed by atoms with E-state index in [1.54, 1.807) is 0 Å². The summed E-state index contributed by atoms with van der Waals surface area (Å²) in [6.45, 7) is 0.920. The molecule has 0 radical (unpaired) electrons. The largest absolute Gasteiger partial charge is 0.347 e. The molecule has 1 amide bonds. The zero-order valence-corrected chi connectivity index (χ0v) is 14.8. The lowest BCUT2D eigenvalue weighted by Crippen LogP contribution is -2.42. The quantitative estimate of drug-likeness (QED) is 0.844. The van der Waals surface area contributed by atoms with Crippen LogP contribution in [0.1, 0.15) is 18.7 Å². The average Bonchev–Trinajstić information content (AvgIpc) is 3.23. The summed E-state index contributed by atoms with van der Waals surface area (Å²) < 4.78 is 29.5. The third kappa shape index (κ3) is 4.00. The van der Waals surface area contributed by atoms with Gasteiger partial charge in [0, 0.05) is 19.0 Å². The van der Waals surface area contributed by atoms with Crippen LogP contribution in [0.4, 0.5) is 0 Å². The molecule has 1 N–H and O–H groups in total. The molecule has 1 fully saturated rings. The minimum absolute atomic E-state index is 0.112. The van der Waals surface area contributed by atoms with Crippen molar-refractivity contribution in [3.05, 3.63) is 23.4 Å². The summed E-state index contributed by atoms with van der Waals surface area (Å²) in [6, 6.07) is 3.80. The molecule has 130 valence electrons. The first-order valence-corrected chi connectivity index (χ1v) is 10.3. The lowest BCUT2D eigenvalue weighted by atomic mass is 9.97. The molecule has 0 aromatic carbocycles. The second-order valence-electron chi connectivity index (χ2n) is 5.64. The number of aromatic nitrogens is 2. The Hall–Kier alpha value is -1.78. The molecule has 10 heteroatoms. The fraction of sp³-hybridized carbons (Fsp3) is 0.500. The summed E-state index contributed by atoms with van der Waals surface area (Å²) in [4.78, 5) is 17.3. The summed E-state index contributed by atoms with van der Waals surface area (Å²) >= 11 is 1.51. The third-order valence-corrected chi connectivity index (χ3v) is 6.09. The lowest BCUT2D eigenvalue weighted by Gasteiger charge is -2.29. The molecule has 0 bridgehead atoms. The predicted octanol–water partition coefficient (Wildman–Crippen LogP) is 1.09. The maximum absolute atomic E-state index is 12.2. The van der Waals surface area contributed by atoms with Gasteiger partial charge in [-0.2, -0.15) is 4.98 Å². The molecule has 0 spiro atoms. The fourth-order valence-corrected chi connectivity index (χ4v) is 4.11. The van der Waals surface area contributed by atoms with E-state index in [1.165, 1.54) is 21.9 Å². The number of nitrogens with one attached hydrogen (secondary N) is 1. The molecular formula is C14H18N4O4S2. The van der Waals surface area contributed by atoms with E-state index in [1.807, 2.05) is 17.5 Å². The Morgan fingerprint density at radius 3 is 2.83 bits per heavy atom. The highest BCUT2D eigenvalue weighted by Crippen LogP contribution is 2.22. The van der Waals surface area contributed by atoms with Crippen molar-refractivity contribution in [3.8, 4) is 10.7 Å². The summed E-state index contributed by atoms with van der Waals surface area (Å²) in [6.07, 6.45) is 2.22. The van der Waals surface area contributed by atoms with Crippen molar-refractivity contribution in [3.63, 3.8) is 0 Å². The topological polar surface area (TPSA) is 105 Å². The van der Waals surface area contributed by atoms with Crippen LogP contribution < -0.4 is 5.32 Å². The predicted molar refractivity (Wildman–Crippen MR) is 88.6 cm³/mol. The van der Waals surface area contributed by atoms with Crippen molar-refractivity contribution in [1.82, 2.24) is 19.8 Å². The van der Waals surface area contributed by atoms with Gasteiger partial charge in [-0.05, 0) is 24.3 Å². The number of sulfonamides is 1. The van der Waals surface area contributed by atoms with Crippen molar-refractivity contribution in [2.45, 2.75) is 19.4 Å². The Kier molecular flexibility index (Phi) is 4.97. The lowest BCUT2D eigenvalue weighted by molar-refractivity contribution is -0.126. The van der Waals surface area contributed by atoms with Gasteiger partial charge in [0.05, 0.1) is 17.7 Å². The van der Waals surface area contributed by atoms with Gasteiger partial charge in [-0.25, -0.2) is 12.7 Å². The van der Waals surface area contributed by atoms with Crippen molar-refractivity contribution >= 4 is 27.3 Å². The molecule has 2 aromatic heterocycles. The first kappa shape index (κ1) is 17.1. The number of thiophene rings is 1. The normalized spacial score (nSPS) is 17.0. The Balaban J connectivity index is 1.50. The van der Waals surface area contributed by atoms with E-state index < -0.39 is 10.0 Å². The zero-order chi connectivity index (χ0) is 17.2. The van der Waals surface area contributed by atoms with E-state index in [9.17, 15) is 13.2 Å². The highest BCUT2D eigenvalue weighted by Gasteiger charge is 2.28. The van der Waals surface area contributed by atoms with Gasteiger partial charge in [0.25, 0.3) is 0 Å². The summed E-state index contributed by atoms with van der Waals surface area (Å²) in [5.41, 5.74) is 0. The van der Waals surface area contributed by atoms with E-state index in [2.05, 4.69) is 15.5 Å². The molecule has 1 aliphatic heterocycles. The number of carbonyl (C=O) groups is 1. The number of rotatable bonds is 5. The molecule has 0 saturated carbocycles. The SMILES string of the molecule is CS(=O)(=O)N1CCC(C(=O)NCc2nc(-c3cccs3)no2)CC1.